The van der Waals surface area contributed by atoms with Crippen molar-refractivity contribution >= 4 is 28.3 Å². The van der Waals surface area contributed by atoms with Gasteiger partial charge in [0, 0.05) is 16.5 Å². The van der Waals surface area contributed by atoms with E-state index in [1.54, 1.807) is 6.08 Å². The average molecular weight is 257 g/mol. The summed E-state index contributed by atoms with van der Waals surface area (Å²) in [6, 6.07) is 4.30. The fourth-order valence-electron chi connectivity index (χ4n) is 1.04. The maximum absolute atomic E-state index is 13.2. The molecule has 0 aliphatic carbocycles. The number of halogens is 2. The molecule has 0 heterocycles. The molecule has 0 unspecified atom stereocenters. The Labute approximate surface area is 90.8 Å². The molecule has 0 aromatic heterocycles. The van der Waals surface area contributed by atoms with Gasteiger partial charge in [-0.2, -0.15) is 0 Å². The fourth-order valence-corrected chi connectivity index (χ4v) is 1.30. The van der Waals surface area contributed by atoms with Crippen LogP contribution >= 0.6 is 15.9 Å². The second kappa shape index (κ2) is 5.70. The Morgan fingerprint density at radius 1 is 1.43 bits per heavy atom. The minimum Gasteiger partial charge on any atom is -0.298 e. The predicted molar refractivity (Wildman–Crippen MR) is 59.2 cm³/mol. The number of rotatable bonds is 4. The van der Waals surface area contributed by atoms with Crippen molar-refractivity contribution in [3.8, 4) is 0 Å². The maximum Gasteiger partial charge on any atom is 0.150 e. The molecule has 1 nitrogen and oxygen atoms in total. The summed E-state index contributed by atoms with van der Waals surface area (Å²) in [5, 5.41) is 0.846. The van der Waals surface area contributed by atoms with Crippen molar-refractivity contribution in [1.29, 1.82) is 0 Å². The number of carbonyl (C=O) groups is 1. The largest absolute Gasteiger partial charge is 0.298 e. The van der Waals surface area contributed by atoms with Crippen LogP contribution in [0, 0.1) is 5.82 Å². The Bertz CT molecular complexity index is 347. The molecule has 0 saturated heterocycles. The number of hydrogen-bond acceptors (Lipinski definition) is 1. The van der Waals surface area contributed by atoms with Crippen LogP contribution in [0.3, 0.4) is 0 Å². The van der Waals surface area contributed by atoms with Crippen molar-refractivity contribution in [3.63, 3.8) is 0 Å². The van der Waals surface area contributed by atoms with Crippen molar-refractivity contribution in [2.75, 3.05) is 5.33 Å². The lowest BCUT2D eigenvalue weighted by molar-refractivity contribution is 0.112. The number of alkyl halides is 1. The number of aldehydes is 1. The maximum atomic E-state index is 13.2. The van der Waals surface area contributed by atoms with E-state index in [0.717, 1.165) is 11.8 Å². The van der Waals surface area contributed by atoms with Crippen LogP contribution in [0.2, 0.25) is 0 Å². The predicted octanol–water partition coefficient (Wildman–Crippen LogP) is 3.44. The van der Waals surface area contributed by atoms with E-state index >= 15 is 0 Å². The van der Waals surface area contributed by atoms with Gasteiger partial charge in [-0.3, -0.25) is 4.79 Å². The van der Waals surface area contributed by atoms with Crippen LogP contribution in [0.1, 0.15) is 22.3 Å². The topological polar surface area (TPSA) is 17.1 Å². The summed E-state index contributed by atoms with van der Waals surface area (Å²) in [7, 11) is 0. The summed E-state index contributed by atoms with van der Waals surface area (Å²) in [5.74, 6) is -0.304. The third-order valence-corrected chi connectivity index (χ3v) is 2.19. The first kappa shape index (κ1) is 11.1. The van der Waals surface area contributed by atoms with Crippen LogP contribution in [0.4, 0.5) is 4.39 Å². The van der Waals surface area contributed by atoms with Crippen LogP contribution in [0.15, 0.2) is 24.3 Å². The summed E-state index contributed by atoms with van der Waals surface area (Å²) < 4.78 is 13.2. The minimum atomic E-state index is -0.304. The average Bonchev–Trinajstić information content (AvgIpc) is 2.21. The lowest BCUT2D eigenvalue weighted by Crippen LogP contribution is -1.86. The Kier molecular flexibility index (Phi) is 4.53. The monoisotopic (exact) mass is 256 g/mol. The van der Waals surface area contributed by atoms with E-state index < -0.39 is 0 Å². The lowest BCUT2D eigenvalue weighted by Gasteiger charge is -1.97. The van der Waals surface area contributed by atoms with E-state index in [4.69, 9.17) is 0 Å². The molecule has 0 bridgehead atoms. The van der Waals surface area contributed by atoms with Gasteiger partial charge in [-0.05, 0) is 24.6 Å². The minimum absolute atomic E-state index is 0.304. The van der Waals surface area contributed by atoms with Crippen LogP contribution in [-0.4, -0.2) is 11.6 Å². The smallest absolute Gasteiger partial charge is 0.150 e. The second-order valence-corrected chi connectivity index (χ2v) is 3.57. The molecular formula is C11H10BrFO. The summed E-state index contributed by atoms with van der Waals surface area (Å²) in [6.07, 6.45) is 5.09. The third-order valence-electron chi connectivity index (χ3n) is 1.73. The zero-order valence-electron chi connectivity index (χ0n) is 7.54. The molecule has 74 valence electrons. The van der Waals surface area contributed by atoms with Gasteiger partial charge >= 0.3 is 0 Å². The van der Waals surface area contributed by atoms with Gasteiger partial charge in [0.15, 0.2) is 0 Å². The molecule has 0 radical (unpaired) electrons. The Hall–Kier alpha value is -0.960. The molecule has 0 spiro atoms. The molecule has 1 aromatic rings. The van der Waals surface area contributed by atoms with E-state index in [0.29, 0.717) is 17.4 Å². The molecular weight excluding hydrogens is 247 g/mol. The molecule has 14 heavy (non-hydrogen) atoms. The molecule has 0 aliphatic rings. The van der Waals surface area contributed by atoms with Crippen molar-refractivity contribution in [2.24, 2.45) is 0 Å². The van der Waals surface area contributed by atoms with E-state index in [9.17, 15) is 9.18 Å². The van der Waals surface area contributed by atoms with Crippen LogP contribution in [0.25, 0.3) is 6.08 Å². The van der Waals surface area contributed by atoms with Gasteiger partial charge in [-0.1, -0.05) is 28.1 Å². The highest BCUT2D eigenvalue weighted by Crippen LogP contribution is 2.11. The van der Waals surface area contributed by atoms with E-state index in [2.05, 4.69) is 15.9 Å². The first-order valence-corrected chi connectivity index (χ1v) is 5.37. The summed E-state index contributed by atoms with van der Waals surface area (Å²) in [4.78, 5) is 10.4. The van der Waals surface area contributed by atoms with Crippen molar-refractivity contribution in [1.82, 2.24) is 0 Å². The van der Waals surface area contributed by atoms with Crippen LogP contribution < -0.4 is 0 Å². The van der Waals surface area contributed by atoms with Gasteiger partial charge in [0.25, 0.3) is 0 Å². The highest BCUT2D eigenvalue weighted by atomic mass is 79.9. The number of allylic oxidation sites excluding steroid dienone is 1. The molecule has 0 aliphatic heterocycles. The van der Waals surface area contributed by atoms with Gasteiger partial charge < -0.3 is 0 Å². The standard InChI is InChI=1S/C11H10BrFO/c12-6-2-1-3-10-7-9(8-14)4-5-11(10)13/h1,3-5,7-8H,2,6H2. The number of benzene rings is 1. The van der Waals surface area contributed by atoms with E-state index in [1.165, 1.54) is 18.2 Å². The van der Waals surface area contributed by atoms with Crippen molar-refractivity contribution < 1.29 is 9.18 Å². The molecule has 0 saturated carbocycles. The molecule has 1 rings (SSSR count). The fraction of sp³-hybridized carbons (Fsp3) is 0.182. The number of carbonyl (C=O) groups excluding carboxylic acids is 1. The zero-order chi connectivity index (χ0) is 10.4. The van der Waals surface area contributed by atoms with Gasteiger partial charge in [0.05, 0.1) is 0 Å². The SMILES string of the molecule is O=Cc1ccc(F)c(C=CCCBr)c1. The summed E-state index contributed by atoms with van der Waals surface area (Å²) >= 11 is 3.27. The lowest BCUT2D eigenvalue weighted by atomic mass is 10.1. The van der Waals surface area contributed by atoms with Crippen molar-refractivity contribution in [3.05, 3.63) is 41.2 Å². The Balaban J connectivity index is 2.89. The first-order valence-electron chi connectivity index (χ1n) is 4.25. The molecule has 0 atom stereocenters. The van der Waals surface area contributed by atoms with Gasteiger partial charge in [0.2, 0.25) is 0 Å². The normalized spacial score (nSPS) is 10.7. The Morgan fingerprint density at radius 2 is 2.21 bits per heavy atom. The zero-order valence-corrected chi connectivity index (χ0v) is 9.13. The van der Waals surface area contributed by atoms with E-state index in [1.807, 2.05) is 6.08 Å². The molecule has 3 heteroatoms. The summed E-state index contributed by atoms with van der Waals surface area (Å²) in [5.41, 5.74) is 0.945. The van der Waals surface area contributed by atoms with Crippen LogP contribution in [-0.2, 0) is 0 Å². The molecule has 0 fully saturated rings. The van der Waals surface area contributed by atoms with E-state index in [-0.39, 0.29) is 5.82 Å². The Morgan fingerprint density at radius 3 is 2.86 bits per heavy atom. The van der Waals surface area contributed by atoms with Crippen LogP contribution in [0.5, 0.6) is 0 Å². The highest BCUT2D eigenvalue weighted by molar-refractivity contribution is 9.09. The van der Waals surface area contributed by atoms with Crippen molar-refractivity contribution in [2.45, 2.75) is 6.42 Å². The van der Waals surface area contributed by atoms with Gasteiger partial charge in [-0.25, -0.2) is 4.39 Å². The summed E-state index contributed by atoms with van der Waals surface area (Å²) in [6.45, 7) is 0. The third kappa shape index (κ3) is 3.07. The molecule has 0 N–H and O–H groups in total. The number of hydrogen-bond donors (Lipinski definition) is 0. The molecule has 0 amide bonds. The molecule has 1 aromatic carbocycles. The second-order valence-electron chi connectivity index (χ2n) is 2.78. The van der Waals surface area contributed by atoms with Gasteiger partial charge in [0.1, 0.15) is 12.1 Å². The highest BCUT2D eigenvalue weighted by Gasteiger charge is 1.99. The quantitative estimate of drug-likeness (QED) is 0.596. The first-order chi connectivity index (χ1) is 6.77. The van der Waals surface area contributed by atoms with Gasteiger partial charge in [-0.15, -0.1) is 0 Å².